The van der Waals surface area contributed by atoms with Gasteiger partial charge in [-0.2, -0.15) is 0 Å². The van der Waals surface area contributed by atoms with Crippen LogP contribution in [0.2, 0.25) is 0 Å². The molecule has 0 heterocycles. The van der Waals surface area contributed by atoms with Gasteiger partial charge in [-0.3, -0.25) is 0 Å². The first kappa shape index (κ1) is 17.1. The second-order valence-electron chi connectivity index (χ2n) is 4.94. The highest BCUT2D eigenvalue weighted by atomic mass is 16.5. The Bertz CT molecular complexity index is 332. The van der Waals surface area contributed by atoms with E-state index in [-0.39, 0.29) is 6.10 Å². The normalized spacial score (nSPS) is 14.2. The van der Waals surface area contributed by atoms with Crippen LogP contribution in [0.4, 0.5) is 0 Å². The first-order chi connectivity index (χ1) is 9.74. The SMILES string of the molecule is COCCCCNCC(O)COC(C)c1ccccc1. The molecule has 20 heavy (non-hydrogen) atoms. The number of benzene rings is 1. The zero-order valence-corrected chi connectivity index (χ0v) is 12.5. The lowest BCUT2D eigenvalue weighted by atomic mass is 10.1. The van der Waals surface area contributed by atoms with Crippen molar-refractivity contribution in [3.8, 4) is 0 Å². The van der Waals surface area contributed by atoms with Gasteiger partial charge < -0.3 is 19.9 Å². The smallest absolute Gasteiger partial charge is 0.0897 e. The molecule has 0 radical (unpaired) electrons. The third kappa shape index (κ3) is 7.60. The van der Waals surface area contributed by atoms with E-state index >= 15 is 0 Å². The molecule has 0 spiro atoms. The van der Waals surface area contributed by atoms with Crippen LogP contribution < -0.4 is 5.32 Å². The average Bonchev–Trinajstić information content (AvgIpc) is 2.49. The van der Waals surface area contributed by atoms with Gasteiger partial charge in [0.15, 0.2) is 0 Å². The highest BCUT2D eigenvalue weighted by Gasteiger charge is 2.09. The maximum atomic E-state index is 9.84. The molecule has 0 fully saturated rings. The average molecular weight is 281 g/mol. The molecule has 0 saturated heterocycles. The molecule has 0 amide bonds. The van der Waals surface area contributed by atoms with Crippen molar-refractivity contribution in [2.75, 3.05) is 33.4 Å². The summed E-state index contributed by atoms with van der Waals surface area (Å²) in [5.41, 5.74) is 1.13. The van der Waals surface area contributed by atoms with Crippen molar-refractivity contribution in [2.24, 2.45) is 0 Å². The monoisotopic (exact) mass is 281 g/mol. The summed E-state index contributed by atoms with van der Waals surface area (Å²) in [6.07, 6.45) is 1.64. The lowest BCUT2D eigenvalue weighted by molar-refractivity contribution is -0.00200. The molecule has 1 aromatic rings. The van der Waals surface area contributed by atoms with Crippen LogP contribution in [0.3, 0.4) is 0 Å². The molecule has 2 unspecified atom stereocenters. The van der Waals surface area contributed by atoms with Gasteiger partial charge in [-0.15, -0.1) is 0 Å². The van der Waals surface area contributed by atoms with Crippen LogP contribution in [0, 0.1) is 0 Å². The van der Waals surface area contributed by atoms with Crippen molar-refractivity contribution in [1.82, 2.24) is 5.32 Å². The summed E-state index contributed by atoms with van der Waals surface area (Å²) in [7, 11) is 1.71. The highest BCUT2D eigenvalue weighted by molar-refractivity contribution is 5.16. The van der Waals surface area contributed by atoms with E-state index in [1.54, 1.807) is 7.11 Å². The zero-order valence-electron chi connectivity index (χ0n) is 12.5. The largest absolute Gasteiger partial charge is 0.389 e. The van der Waals surface area contributed by atoms with Gasteiger partial charge in [-0.05, 0) is 31.9 Å². The van der Waals surface area contributed by atoms with Gasteiger partial charge in [0.2, 0.25) is 0 Å². The molecule has 1 rings (SSSR count). The maximum absolute atomic E-state index is 9.84. The van der Waals surface area contributed by atoms with E-state index in [0.29, 0.717) is 13.2 Å². The van der Waals surface area contributed by atoms with E-state index in [2.05, 4.69) is 5.32 Å². The third-order valence-corrected chi connectivity index (χ3v) is 3.14. The van der Waals surface area contributed by atoms with Gasteiger partial charge in [-0.1, -0.05) is 30.3 Å². The van der Waals surface area contributed by atoms with Gasteiger partial charge in [0.05, 0.1) is 18.8 Å². The summed E-state index contributed by atoms with van der Waals surface area (Å²) in [6.45, 7) is 4.60. The van der Waals surface area contributed by atoms with Crippen molar-refractivity contribution in [1.29, 1.82) is 0 Å². The maximum Gasteiger partial charge on any atom is 0.0897 e. The predicted molar refractivity (Wildman–Crippen MR) is 80.8 cm³/mol. The van der Waals surface area contributed by atoms with Crippen LogP contribution >= 0.6 is 0 Å². The van der Waals surface area contributed by atoms with Crippen LogP contribution in [0.15, 0.2) is 30.3 Å². The van der Waals surface area contributed by atoms with Gasteiger partial charge in [0.25, 0.3) is 0 Å². The summed E-state index contributed by atoms with van der Waals surface area (Å²) in [5.74, 6) is 0. The first-order valence-corrected chi connectivity index (χ1v) is 7.28. The number of rotatable bonds is 11. The Morgan fingerprint density at radius 2 is 1.95 bits per heavy atom. The van der Waals surface area contributed by atoms with Crippen molar-refractivity contribution in [3.05, 3.63) is 35.9 Å². The minimum Gasteiger partial charge on any atom is -0.389 e. The molecule has 0 aliphatic heterocycles. The Kier molecular flexibility index (Phi) is 9.24. The van der Waals surface area contributed by atoms with Crippen LogP contribution in [0.5, 0.6) is 0 Å². The second kappa shape index (κ2) is 10.8. The minimum absolute atomic E-state index is 0.00699. The lowest BCUT2D eigenvalue weighted by Gasteiger charge is -2.17. The topological polar surface area (TPSA) is 50.7 Å². The summed E-state index contributed by atoms with van der Waals surface area (Å²) in [4.78, 5) is 0. The number of hydrogen-bond acceptors (Lipinski definition) is 4. The zero-order chi connectivity index (χ0) is 14.6. The molecule has 0 bridgehead atoms. The molecule has 2 atom stereocenters. The molecule has 2 N–H and O–H groups in total. The molecular formula is C16H27NO3. The van der Waals surface area contributed by atoms with E-state index in [4.69, 9.17) is 9.47 Å². The molecule has 0 aliphatic rings. The number of nitrogens with one attached hydrogen (secondary N) is 1. The van der Waals surface area contributed by atoms with Crippen molar-refractivity contribution in [2.45, 2.75) is 32.0 Å². The molecule has 0 aromatic heterocycles. The van der Waals surface area contributed by atoms with Crippen LogP contribution in [-0.4, -0.2) is 44.6 Å². The number of ether oxygens (including phenoxy) is 2. The number of unbranched alkanes of at least 4 members (excludes halogenated alkanes) is 1. The number of hydrogen-bond donors (Lipinski definition) is 2. The number of aliphatic hydroxyl groups is 1. The summed E-state index contributed by atoms with van der Waals surface area (Å²) < 4.78 is 10.7. The fraction of sp³-hybridized carbons (Fsp3) is 0.625. The Morgan fingerprint density at radius 1 is 1.20 bits per heavy atom. The molecule has 0 aliphatic carbocycles. The van der Waals surface area contributed by atoms with Gasteiger partial charge in [0, 0.05) is 20.3 Å². The fourth-order valence-corrected chi connectivity index (χ4v) is 1.90. The summed E-state index contributed by atoms with van der Waals surface area (Å²) in [6, 6.07) is 10.0. The lowest BCUT2D eigenvalue weighted by Crippen LogP contribution is -2.31. The minimum atomic E-state index is -0.469. The summed E-state index contributed by atoms with van der Waals surface area (Å²) >= 11 is 0. The predicted octanol–water partition coefficient (Wildman–Crippen LogP) is 2.14. The van der Waals surface area contributed by atoms with E-state index in [1.807, 2.05) is 37.3 Å². The second-order valence-corrected chi connectivity index (χ2v) is 4.94. The van der Waals surface area contributed by atoms with Crippen LogP contribution in [0.25, 0.3) is 0 Å². The molecular weight excluding hydrogens is 254 g/mol. The van der Waals surface area contributed by atoms with E-state index < -0.39 is 6.10 Å². The molecule has 4 heteroatoms. The fourth-order valence-electron chi connectivity index (χ4n) is 1.90. The quantitative estimate of drug-likeness (QED) is 0.610. The van der Waals surface area contributed by atoms with E-state index in [9.17, 15) is 5.11 Å². The number of aliphatic hydroxyl groups excluding tert-OH is 1. The Hall–Kier alpha value is -0.940. The van der Waals surface area contributed by atoms with Gasteiger partial charge in [-0.25, -0.2) is 0 Å². The Labute approximate surface area is 122 Å². The van der Waals surface area contributed by atoms with Gasteiger partial charge in [0.1, 0.15) is 0 Å². The third-order valence-electron chi connectivity index (χ3n) is 3.14. The van der Waals surface area contributed by atoms with Crippen molar-refractivity contribution < 1.29 is 14.6 Å². The standard InChI is InChI=1S/C16H27NO3/c1-14(15-8-4-3-5-9-15)20-13-16(18)12-17-10-6-7-11-19-2/h3-5,8-9,14,16-18H,6-7,10-13H2,1-2H3. The Morgan fingerprint density at radius 3 is 2.65 bits per heavy atom. The molecule has 114 valence electrons. The van der Waals surface area contributed by atoms with E-state index in [0.717, 1.165) is 31.6 Å². The summed E-state index contributed by atoms with van der Waals surface area (Å²) in [5, 5.41) is 13.1. The molecule has 1 aromatic carbocycles. The van der Waals surface area contributed by atoms with Crippen LogP contribution in [0.1, 0.15) is 31.4 Å². The highest BCUT2D eigenvalue weighted by Crippen LogP contribution is 2.15. The van der Waals surface area contributed by atoms with Gasteiger partial charge >= 0.3 is 0 Å². The van der Waals surface area contributed by atoms with Crippen molar-refractivity contribution in [3.63, 3.8) is 0 Å². The number of methoxy groups -OCH3 is 1. The van der Waals surface area contributed by atoms with Crippen LogP contribution in [-0.2, 0) is 9.47 Å². The molecule has 4 nitrogen and oxygen atoms in total. The molecule has 0 saturated carbocycles. The first-order valence-electron chi connectivity index (χ1n) is 7.28. The Balaban J connectivity index is 2.06. The van der Waals surface area contributed by atoms with E-state index in [1.165, 1.54) is 0 Å². The van der Waals surface area contributed by atoms with Crippen molar-refractivity contribution >= 4 is 0 Å².